The number of benzene rings is 1. The molecule has 1 aromatic rings. The number of sulfone groups is 1. The molecule has 3 nitrogen and oxygen atoms in total. The third kappa shape index (κ3) is 2.33. The number of fused-ring (bicyclic) bond motifs is 1. The molecule has 1 aliphatic carbocycles. The van der Waals surface area contributed by atoms with Crippen LogP contribution < -0.4 is 0 Å². The molecule has 1 aromatic carbocycles. The van der Waals surface area contributed by atoms with Crippen molar-refractivity contribution < 1.29 is 35.2 Å². The predicted molar refractivity (Wildman–Crippen MR) is 67.4 cm³/mol. The lowest BCUT2D eigenvalue weighted by molar-refractivity contribution is -0.0436. The Hall–Kier alpha value is -1.77. The molecule has 0 aliphatic heterocycles. The van der Waals surface area contributed by atoms with Crippen LogP contribution in [0.2, 0.25) is 0 Å². The average Bonchev–Trinajstić information content (AvgIpc) is 2.61. The van der Waals surface area contributed by atoms with E-state index in [0.29, 0.717) is 6.07 Å². The molecule has 2 rings (SSSR count). The van der Waals surface area contributed by atoms with Crippen molar-refractivity contribution in [3.05, 3.63) is 34.9 Å². The van der Waals surface area contributed by atoms with Crippen molar-refractivity contribution in [1.82, 2.24) is 0 Å². The smallest absolute Gasteiger partial charge is 0.287 e. The van der Waals surface area contributed by atoms with Gasteiger partial charge in [-0.3, -0.25) is 4.79 Å². The fourth-order valence-corrected chi connectivity index (χ4v) is 3.23. The van der Waals surface area contributed by atoms with Gasteiger partial charge in [0.15, 0.2) is 0 Å². The van der Waals surface area contributed by atoms with E-state index in [9.17, 15) is 35.2 Å². The number of carbonyl (C=O) groups excluding carboxylic acids is 1. The molecule has 0 aromatic heterocycles. The van der Waals surface area contributed by atoms with E-state index < -0.39 is 49.5 Å². The van der Waals surface area contributed by atoms with Crippen molar-refractivity contribution in [3.63, 3.8) is 0 Å². The normalized spacial score (nSPS) is 18.0. The monoisotopic (exact) mass is 340 g/mol. The SMILES string of the molecule is CC=Cc1ccc(S(=O)(=O)C(F)(F)F)c2c1CC(F)(F)C2=O. The molecule has 0 saturated carbocycles. The zero-order valence-electron chi connectivity index (χ0n) is 11.0. The maximum Gasteiger partial charge on any atom is 0.501 e. The van der Waals surface area contributed by atoms with Crippen molar-refractivity contribution in [2.24, 2.45) is 0 Å². The van der Waals surface area contributed by atoms with Crippen LogP contribution in [-0.4, -0.2) is 25.6 Å². The van der Waals surface area contributed by atoms with Crippen LogP contribution in [0.15, 0.2) is 23.1 Å². The Morgan fingerprint density at radius 1 is 1.23 bits per heavy atom. The minimum absolute atomic E-state index is 0.0872. The highest BCUT2D eigenvalue weighted by Gasteiger charge is 2.54. The molecule has 0 amide bonds. The van der Waals surface area contributed by atoms with Crippen molar-refractivity contribution in [1.29, 1.82) is 0 Å². The van der Waals surface area contributed by atoms with Crippen LogP contribution in [-0.2, 0) is 16.3 Å². The van der Waals surface area contributed by atoms with Gasteiger partial charge in [0.2, 0.25) is 5.78 Å². The number of rotatable bonds is 2. The van der Waals surface area contributed by atoms with Gasteiger partial charge >= 0.3 is 11.4 Å². The maximum atomic E-state index is 13.6. The molecular formula is C13H9F5O3S. The van der Waals surface area contributed by atoms with Gasteiger partial charge in [-0.05, 0) is 24.1 Å². The fraction of sp³-hybridized carbons (Fsp3) is 0.308. The minimum Gasteiger partial charge on any atom is -0.287 e. The summed E-state index contributed by atoms with van der Waals surface area (Å²) in [5, 5.41) is 0. The second-order valence-electron chi connectivity index (χ2n) is 4.67. The minimum atomic E-state index is -5.89. The average molecular weight is 340 g/mol. The third-order valence-corrected chi connectivity index (χ3v) is 4.74. The van der Waals surface area contributed by atoms with Gasteiger partial charge in [0.25, 0.3) is 9.84 Å². The predicted octanol–water partition coefficient (Wildman–Crippen LogP) is 3.39. The summed E-state index contributed by atoms with van der Waals surface area (Å²) in [6.45, 7) is 1.54. The largest absolute Gasteiger partial charge is 0.501 e. The fourth-order valence-electron chi connectivity index (χ4n) is 2.25. The number of halogens is 5. The van der Waals surface area contributed by atoms with Crippen molar-refractivity contribution in [2.45, 2.75) is 29.7 Å². The Balaban J connectivity index is 2.84. The van der Waals surface area contributed by atoms with Crippen LogP contribution in [0.5, 0.6) is 0 Å². The number of allylic oxidation sites excluding steroid dienone is 1. The Morgan fingerprint density at radius 3 is 2.32 bits per heavy atom. The Kier molecular flexibility index (Phi) is 3.67. The van der Waals surface area contributed by atoms with E-state index in [1.54, 1.807) is 6.92 Å². The van der Waals surface area contributed by atoms with Gasteiger partial charge in [0.1, 0.15) is 0 Å². The zero-order chi connectivity index (χ0) is 16.9. The standard InChI is InChI=1S/C13H9F5O3S/c1-2-3-7-4-5-9(22(20,21)13(16,17)18)10-8(7)6-12(14,15)11(10)19/h2-5H,6H2,1H3. The van der Waals surface area contributed by atoms with Gasteiger partial charge in [0.05, 0.1) is 4.90 Å². The topological polar surface area (TPSA) is 51.2 Å². The lowest BCUT2D eigenvalue weighted by atomic mass is 10.0. The molecule has 0 bridgehead atoms. The first-order valence-electron chi connectivity index (χ1n) is 5.96. The summed E-state index contributed by atoms with van der Waals surface area (Å²) >= 11 is 0. The second kappa shape index (κ2) is 4.87. The molecule has 22 heavy (non-hydrogen) atoms. The van der Waals surface area contributed by atoms with Crippen LogP contribution in [0, 0.1) is 0 Å². The number of carbonyl (C=O) groups is 1. The van der Waals surface area contributed by atoms with Gasteiger partial charge < -0.3 is 0 Å². The van der Waals surface area contributed by atoms with Crippen LogP contribution in [0.1, 0.15) is 28.4 Å². The van der Waals surface area contributed by atoms with E-state index in [1.807, 2.05) is 0 Å². The van der Waals surface area contributed by atoms with E-state index in [1.165, 1.54) is 12.2 Å². The van der Waals surface area contributed by atoms with Gasteiger partial charge in [-0.2, -0.15) is 22.0 Å². The second-order valence-corrected chi connectivity index (χ2v) is 6.58. The molecule has 0 N–H and O–H groups in total. The molecule has 0 atom stereocenters. The highest BCUT2D eigenvalue weighted by molar-refractivity contribution is 7.92. The molecule has 0 saturated heterocycles. The molecule has 120 valence electrons. The van der Waals surface area contributed by atoms with Gasteiger partial charge in [-0.25, -0.2) is 8.42 Å². The summed E-state index contributed by atoms with van der Waals surface area (Å²) in [7, 11) is -5.89. The molecule has 9 heteroatoms. The van der Waals surface area contributed by atoms with E-state index in [-0.39, 0.29) is 5.56 Å². The number of ketones is 1. The van der Waals surface area contributed by atoms with Crippen LogP contribution >= 0.6 is 0 Å². The van der Waals surface area contributed by atoms with Crippen molar-refractivity contribution in [3.8, 4) is 0 Å². The molecule has 0 fully saturated rings. The Bertz CT molecular complexity index is 776. The molecular weight excluding hydrogens is 331 g/mol. The summed E-state index contributed by atoms with van der Waals surface area (Å²) in [6.07, 6.45) is 1.63. The van der Waals surface area contributed by atoms with Gasteiger partial charge in [-0.1, -0.05) is 18.2 Å². The molecule has 0 heterocycles. The van der Waals surface area contributed by atoms with Crippen molar-refractivity contribution in [2.75, 3.05) is 0 Å². The Labute approximate surface area is 122 Å². The molecule has 0 unspecified atom stereocenters. The Morgan fingerprint density at radius 2 is 1.82 bits per heavy atom. The zero-order valence-corrected chi connectivity index (χ0v) is 11.9. The van der Waals surface area contributed by atoms with E-state index in [0.717, 1.165) is 6.07 Å². The maximum absolute atomic E-state index is 13.6. The summed E-state index contributed by atoms with van der Waals surface area (Å²) in [5.41, 5.74) is -7.05. The van der Waals surface area contributed by atoms with Gasteiger partial charge in [0, 0.05) is 12.0 Å². The summed E-state index contributed by atoms with van der Waals surface area (Å²) in [5.74, 6) is -5.83. The first kappa shape index (κ1) is 16.6. The lowest BCUT2D eigenvalue weighted by Gasteiger charge is -2.12. The quantitative estimate of drug-likeness (QED) is 0.776. The molecule has 0 radical (unpaired) electrons. The summed E-state index contributed by atoms with van der Waals surface area (Å²) in [6, 6.07) is 1.52. The first-order valence-corrected chi connectivity index (χ1v) is 7.44. The number of alkyl halides is 5. The molecule has 0 spiro atoms. The van der Waals surface area contributed by atoms with Crippen molar-refractivity contribution >= 4 is 21.7 Å². The van der Waals surface area contributed by atoms with Crippen LogP contribution in [0.25, 0.3) is 6.08 Å². The number of hydrogen-bond acceptors (Lipinski definition) is 3. The van der Waals surface area contributed by atoms with E-state index in [4.69, 9.17) is 0 Å². The lowest BCUT2D eigenvalue weighted by Crippen LogP contribution is -2.28. The van der Waals surface area contributed by atoms with E-state index in [2.05, 4.69) is 0 Å². The van der Waals surface area contributed by atoms with Gasteiger partial charge in [-0.15, -0.1) is 0 Å². The van der Waals surface area contributed by atoms with Crippen LogP contribution in [0.3, 0.4) is 0 Å². The molecule has 1 aliphatic rings. The highest BCUT2D eigenvalue weighted by atomic mass is 32.2. The number of Topliss-reactive ketones (excluding diaryl/α,β-unsaturated/α-hetero) is 1. The van der Waals surface area contributed by atoms with Crippen LogP contribution in [0.4, 0.5) is 22.0 Å². The highest BCUT2D eigenvalue weighted by Crippen LogP contribution is 2.42. The first-order chi connectivity index (χ1) is 9.93. The summed E-state index contributed by atoms with van der Waals surface area (Å²) in [4.78, 5) is 10.2. The third-order valence-electron chi connectivity index (χ3n) is 3.21. The van der Waals surface area contributed by atoms with E-state index >= 15 is 0 Å². The summed E-state index contributed by atoms with van der Waals surface area (Å²) < 4.78 is 88.1. The number of hydrogen-bond donors (Lipinski definition) is 0.